The highest BCUT2D eigenvalue weighted by Crippen LogP contribution is 2.51. The molecule has 41 heavy (non-hydrogen) atoms. The Kier molecular flexibility index (Phi) is 10.4. The lowest BCUT2D eigenvalue weighted by Gasteiger charge is -2.24. The van der Waals surface area contributed by atoms with Crippen LogP contribution in [0.15, 0.2) is 12.5 Å². The van der Waals surface area contributed by atoms with Crippen molar-refractivity contribution in [1.82, 2.24) is 19.6 Å². The number of aromatic nitrogens is 4. The van der Waals surface area contributed by atoms with Gasteiger partial charge in [-0.1, -0.05) is 6.92 Å². The number of aliphatic hydroxyl groups is 1. The number of phosphoric ester groups is 1. The van der Waals surface area contributed by atoms with Gasteiger partial charge in [0.1, 0.15) is 24.2 Å². The Morgan fingerprint density at radius 3 is 2.27 bits per heavy atom. The van der Waals surface area contributed by atoms with Crippen molar-refractivity contribution in [2.24, 2.45) is 5.92 Å². The summed E-state index contributed by atoms with van der Waals surface area (Å²) in [5, 5.41) is 25.1. The summed E-state index contributed by atoms with van der Waals surface area (Å²) in [5.74, 6) is -0.818. The number of nitriles is 1. The summed E-state index contributed by atoms with van der Waals surface area (Å²) in [4.78, 5) is 31.3. The number of imidazole rings is 1. The van der Waals surface area contributed by atoms with Gasteiger partial charge in [-0.2, -0.15) is 10.4 Å². The second kappa shape index (κ2) is 13.4. The number of anilines is 1. The van der Waals surface area contributed by atoms with Gasteiger partial charge in [0.05, 0.1) is 31.1 Å². The predicted octanol–water partition coefficient (Wildman–Crippen LogP) is 2.02. The third-order valence-electron chi connectivity index (χ3n) is 5.59. The van der Waals surface area contributed by atoms with E-state index in [1.807, 2.05) is 6.07 Å². The molecule has 18 nitrogen and oxygen atoms in total. The van der Waals surface area contributed by atoms with Crippen molar-refractivity contribution in [3.05, 3.63) is 18.2 Å². The highest BCUT2D eigenvalue weighted by atomic mass is 31.2. The fourth-order valence-corrected chi connectivity index (χ4v) is 4.60. The van der Waals surface area contributed by atoms with Gasteiger partial charge in [-0.15, -0.1) is 0 Å². The number of nitrogen functional groups attached to an aromatic ring is 1. The second-order valence-electron chi connectivity index (χ2n) is 9.17. The summed E-state index contributed by atoms with van der Waals surface area (Å²) in [7, 11) is -4.65. The molecule has 3 rings (SSSR count). The molecule has 0 saturated carbocycles. The fourth-order valence-electron chi connectivity index (χ4n) is 3.69. The number of hydrogen-bond acceptors (Lipinski definition) is 17. The first-order valence-electron chi connectivity index (χ1n) is 12.2. The van der Waals surface area contributed by atoms with Crippen LogP contribution >= 0.6 is 7.82 Å². The van der Waals surface area contributed by atoms with Crippen LogP contribution in [0.2, 0.25) is 0 Å². The van der Waals surface area contributed by atoms with Gasteiger partial charge in [-0.3, -0.25) is 4.52 Å². The molecule has 4 unspecified atom stereocenters. The standard InChI is InChI=1S/C22H31N6O12P/c1-12(2)38-20(30)33-10-36-41(32,37-11-34-21(31)39-13(3)4)35-7-15-17(29)14(5)22(8-23,40-15)16-6-25-19-18(24)26-9-27-28(16)19/h6,9,12-15,17,29H,7,10-11H2,1-5H3,(H2,24,26,27). The number of rotatable bonds is 12. The number of fused-ring (bicyclic) bond motifs is 1. The molecule has 0 spiro atoms. The Morgan fingerprint density at radius 2 is 1.73 bits per heavy atom. The molecule has 226 valence electrons. The second-order valence-corrected chi connectivity index (χ2v) is 10.8. The Bertz CT molecular complexity index is 1280. The summed E-state index contributed by atoms with van der Waals surface area (Å²) in [6.07, 6.45) is -3.35. The van der Waals surface area contributed by atoms with Crippen molar-refractivity contribution < 1.29 is 56.5 Å². The van der Waals surface area contributed by atoms with Crippen LogP contribution < -0.4 is 5.73 Å². The van der Waals surface area contributed by atoms with Crippen LogP contribution in [0.1, 0.15) is 40.3 Å². The monoisotopic (exact) mass is 602 g/mol. The molecule has 0 aliphatic carbocycles. The van der Waals surface area contributed by atoms with Gasteiger partial charge in [0, 0.05) is 5.92 Å². The van der Waals surface area contributed by atoms with E-state index in [1.54, 1.807) is 34.6 Å². The number of carbonyl (C=O) groups is 2. The summed E-state index contributed by atoms with van der Waals surface area (Å²) in [5.41, 5.74) is 4.37. The summed E-state index contributed by atoms with van der Waals surface area (Å²) < 4.78 is 54.7. The Balaban J connectivity index is 1.74. The van der Waals surface area contributed by atoms with Gasteiger partial charge in [0.25, 0.3) is 0 Å². The van der Waals surface area contributed by atoms with E-state index >= 15 is 0 Å². The SMILES string of the molecule is CC(C)OC(=O)OCOP(=O)(OCOC(=O)OC(C)C)OCC1OC(C#N)(c2cnc3c(N)ncnn23)C(C)C1O. The number of hydrogen-bond donors (Lipinski definition) is 2. The maximum Gasteiger partial charge on any atom is 0.510 e. The molecule has 2 aromatic rings. The third-order valence-corrected chi connectivity index (χ3v) is 6.89. The molecule has 3 heterocycles. The average Bonchev–Trinajstić information content (AvgIpc) is 3.43. The lowest BCUT2D eigenvalue weighted by atomic mass is 9.85. The third kappa shape index (κ3) is 7.58. The maximum absolute atomic E-state index is 13.3. The minimum atomic E-state index is -4.65. The van der Waals surface area contributed by atoms with E-state index in [0.717, 1.165) is 6.33 Å². The van der Waals surface area contributed by atoms with Crippen molar-refractivity contribution in [3.8, 4) is 6.07 Å². The van der Waals surface area contributed by atoms with Gasteiger partial charge in [0.2, 0.25) is 19.2 Å². The summed E-state index contributed by atoms with van der Waals surface area (Å²) >= 11 is 0. The highest BCUT2D eigenvalue weighted by molar-refractivity contribution is 7.48. The van der Waals surface area contributed by atoms with E-state index < -0.39 is 76.3 Å². The van der Waals surface area contributed by atoms with E-state index in [-0.39, 0.29) is 17.2 Å². The molecule has 0 amide bonds. The number of carbonyl (C=O) groups excluding carboxylic acids is 2. The lowest BCUT2D eigenvalue weighted by Crippen LogP contribution is -2.34. The first-order valence-corrected chi connectivity index (χ1v) is 13.7. The number of aliphatic hydroxyl groups excluding tert-OH is 1. The van der Waals surface area contributed by atoms with Crippen LogP contribution in [0.3, 0.4) is 0 Å². The van der Waals surface area contributed by atoms with Gasteiger partial charge in [0.15, 0.2) is 11.5 Å². The normalized spacial score (nSPS) is 22.6. The van der Waals surface area contributed by atoms with Crippen molar-refractivity contribution in [1.29, 1.82) is 5.26 Å². The van der Waals surface area contributed by atoms with Crippen LogP contribution in [-0.4, -0.2) is 81.6 Å². The van der Waals surface area contributed by atoms with Gasteiger partial charge in [-0.05, 0) is 27.7 Å². The molecule has 1 fully saturated rings. The molecule has 1 aliphatic rings. The van der Waals surface area contributed by atoms with Crippen molar-refractivity contribution in [2.45, 2.75) is 64.6 Å². The van der Waals surface area contributed by atoms with Gasteiger partial charge < -0.3 is 34.5 Å². The Morgan fingerprint density at radius 1 is 1.15 bits per heavy atom. The molecule has 2 aromatic heterocycles. The molecule has 19 heteroatoms. The molecule has 4 atom stereocenters. The molecular weight excluding hydrogens is 571 g/mol. The van der Waals surface area contributed by atoms with Crippen LogP contribution in [-0.2, 0) is 47.4 Å². The predicted molar refractivity (Wildman–Crippen MR) is 133 cm³/mol. The number of nitrogens with zero attached hydrogens (tertiary/aromatic N) is 5. The molecule has 0 bridgehead atoms. The fraction of sp³-hybridized carbons (Fsp3) is 0.636. The van der Waals surface area contributed by atoms with E-state index in [0.29, 0.717) is 0 Å². The van der Waals surface area contributed by atoms with Crippen molar-refractivity contribution in [3.63, 3.8) is 0 Å². The molecule has 0 radical (unpaired) electrons. The Labute approximate surface area is 234 Å². The first kappa shape index (κ1) is 31.9. The van der Waals surface area contributed by atoms with Gasteiger partial charge in [-0.25, -0.2) is 37.7 Å². The number of phosphoric acid groups is 1. The van der Waals surface area contributed by atoms with Gasteiger partial charge >= 0.3 is 20.1 Å². The summed E-state index contributed by atoms with van der Waals surface area (Å²) in [6.45, 7) is 5.35. The Hall–Kier alpha value is -3.59. The smallest absolute Gasteiger partial charge is 0.432 e. The van der Waals surface area contributed by atoms with Crippen molar-refractivity contribution >= 4 is 31.6 Å². The van der Waals surface area contributed by atoms with Crippen LogP contribution in [0.25, 0.3) is 5.65 Å². The van der Waals surface area contributed by atoms with E-state index in [1.165, 1.54) is 10.7 Å². The molecular formula is C22H31N6O12P. The average molecular weight is 602 g/mol. The lowest BCUT2D eigenvalue weighted by molar-refractivity contribution is -0.0714. The molecule has 1 saturated heterocycles. The maximum atomic E-state index is 13.3. The van der Waals surface area contributed by atoms with E-state index in [4.69, 9.17) is 33.5 Å². The van der Waals surface area contributed by atoms with E-state index in [2.05, 4.69) is 24.5 Å². The van der Waals surface area contributed by atoms with Crippen molar-refractivity contribution in [2.75, 3.05) is 25.9 Å². The highest BCUT2D eigenvalue weighted by Gasteiger charge is 2.56. The number of nitrogens with two attached hydrogens (primary N) is 1. The quantitative estimate of drug-likeness (QED) is 0.200. The topological polar surface area (TPSA) is 238 Å². The minimum Gasteiger partial charge on any atom is -0.432 e. The van der Waals surface area contributed by atoms with Crippen LogP contribution in [0.5, 0.6) is 0 Å². The van der Waals surface area contributed by atoms with Crippen LogP contribution in [0.4, 0.5) is 15.4 Å². The van der Waals surface area contributed by atoms with E-state index in [9.17, 15) is 24.5 Å². The van der Waals surface area contributed by atoms with Crippen LogP contribution in [0, 0.1) is 17.2 Å². The molecule has 1 aliphatic heterocycles. The minimum absolute atomic E-state index is 0.0552. The molecule has 0 aromatic carbocycles. The zero-order chi connectivity index (χ0) is 30.4. The zero-order valence-electron chi connectivity index (χ0n) is 22.9. The summed E-state index contributed by atoms with van der Waals surface area (Å²) in [6, 6.07) is 2.05. The first-order chi connectivity index (χ1) is 19.3. The largest absolute Gasteiger partial charge is 0.510 e. The zero-order valence-corrected chi connectivity index (χ0v) is 23.8. The number of ether oxygens (including phenoxy) is 5. The molecule has 3 N–H and O–H groups in total.